The molecule has 1 amide bonds. The first-order valence-corrected chi connectivity index (χ1v) is 8.98. The van der Waals surface area contributed by atoms with Gasteiger partial charge >= 0.3 is 0 Å². The van der Waals surface area contributed by atoms with Gasteiger partial charge in [-0.15, -0.1) is 0 Å². The second-order valence-corrected chi connectivity index (χ2v) is 6.51. The van der Waals surface area contributed by atoms with Crippen molar-refractivity contribution in [2.75, 3.05) is 13.1 Å². The van der Waals surface area contributed by atoms with Crippen LogP contribution in [0.3, 0.4) is 0 Å². The van der Waals surface area contributed by atoms with Gasteiger partial charge in [-0.3, -0.25) is 19.4 Å². The number of aromatic nitrogens is 4. The number of carbonyl (C=O) groups excluding carboxylic acids is 1. The maximum Gasteiger partial charge on any atom is 0.244 e. The summed E-state index contributed by atoms with van der Waals surface area (Å²) in [6.07, 6.45) is 10.4. The molecule has 6 heteroatoms. The molecule has 3 heterocycles. The molecule has 0 saturated carbocycles. The van der Waals surface area contributed by atoms with E-state index in [1.165, 1.54) is 6.42 Å². The number of amides is 1. The van der Waals surface area contributed by atoms with Crippen LogP contribution < -0.4 is 0 Å². The van der Waals surface area contributed by atoms with Crippen molar-refractivity contribution in [2.45, 2.75) is 25.8 Å². The van der Waals surface area contributed by atoms with Crippen molar-refractivity contribution in [2.24, 2.45) is 0 Å². The molecule has 0 unspecified atom stereocenters. The first-order chi connectivity index (χ1) is 12.8. The quantitative estimate of drug-likeness (QED) is 0.728. The van der Waals surface area contributed by atoms with Crippen molar-refractivity contribution in [3.63, 3.8) is 0 Å². The Labute approximate surface area is 152 Å². The van der Waals surface area contributed by atoms with Crippen LogP contribution in [-0.2, 0) is 11.3 Å². The number of hydrogen-bond donors (Lipinski definition) is 0. The van der Waals surface area contributed by atoms with Gasteiger partial charge in [-0.2, -0.15) is 5.10 Å². The highest BCUT2D eigenvalue weighted by atomic mass is 16.2. The molecule has 6 nitrogen and oxygen atoms in total. The Morgan fingerprint density at radius 1 is 1.00 bits per heavy atom. The molecule has 132 valence electrons. The van der Waals surface area contributed by atoms with Crippen LogP contribution in [0.25, 0.3) is 22.5 Å². The van der Waals surface area contributed by atoms with Gasteiger partial charge in [-0.25, -0.2) is 0 Å². The SMILES string of the molecule is O=C(Cn1ccc(-c2cccc(-c3cnccn3)c2)n1)N1CCCCC1. The third-order valence-corrected chi connectivity index (χ3v) is 4.66. The molecule has 26 heavy (non-hydrogen) atoms. The molecule has 3 aromatic rings. The smallest absolute Gasteiger partial charge is 0.244 e. The number of carbonyl (C=O) groups is 1. The third-order valence-electron chi connectivity index (χ3n) is 4.66. The van der Waals surface area contributed by atoms with Crippen LogP contribution in [0.5, 0.6) is 0 Å². The summed E-state index contributed by atoms with van der Waals surface area (Å²) in [6, 6.07) is 9.99. The lowest BCUT2D eigenvalue weighted by Gasteiger charge is -2.26. The van der Waals surface area contributed by atoms with Crippen molar-refractivity contribution in [1.29, 1.82) is 0 Å². The molecule has 0 atom stereocenters. The first-order valence-electron chi connectivity index (χ1n) is 8.98. The highest BCUT2D eigenvalue weighted by molar-refractivity contribution is 5.76. The molecular weight excluding hydrogens is 326 g/mol. The van der Waals surface area contributed by atoms with E-state index >= 15 is 0 Å². The van der Waals surface area contributed by atoms with Crippen LogP contribution in [0, 0.1) is 0 Å². The normalized spacial score (nSPS) is 14.4. The lowest BCUT2D eigenvalue weighted by Crippen LogP contribution is -2.37. The Kier molecular flexibility index (Phi) is 4.73. The molecule has 1 aromatic carbocycles. The van der Waals surface area contributed by atoms with E-state index in [9.17, 15) is 4.79 Å². The molecule has 0 N–H and O–H groups in total. The molecule has 1 aliphatic rings. The fourth-order valence-electron chi connectivity index (χ4n) is 3.27. The summed E-state index contributed by atoms with van der Waals surface area (Å²) < 4.78 is 1.72. The second-order valence-electron chi connectivity index (χ2n) is 6.51. The topological polar surface area (TPSA) is 63.9 Å². The van der Waals surface area contributed by atoms with Crippen molar-refractivity contribution in [3.05, 3.63) is 55.1 Å². The summed E-state index contributed by atoms with van der Waals surface area (Å²) in [6.45, 7) is 2.03. The van der Waals surface area contributed by atoms with Gasteiger partial charge in [0.15, 0.2) is 0 Å². The second kappa shape index (κ2) is 7.47. The Bertz CT molecular complexity index is 884. The minimum Gasteiger partial charge on any atom is -0.341 e. The van der Waals surface area contributed by atoms with E-state index in [0.717, 1.165) is 48.4 Å². The van der Waals surface area contributed by atoms with E-state index in [0.29, 0.717) is 6.54 Å². The number of rotatable bonds is 4. The molecule has 1 saturated heterocycles. The van der Waals surface area contributed by atoms with Gasteiger partial charge in [-0.1, -0.05) is 18.2 Å². The maximum absolute atomic E-state index is 12.4. The van der Waals surface area contributed by atoms with E-state index in [1.807, 2.05) is 41.4 Å². The Balaban J connectivity index is 1.50. The molecule has 1 aliphatic heterocycles. The van der Waals surface area contributed by atoms with Gasteiger partial charge in [0.2, 0.25) is 5.91 Å². The van der Waals surface area contributed by atoms with Gasteiger partial charge in [0.25, 0.3) is 0 Å². The van der Waals surface area contributed by atoms with E-state index in [1.54, 1.807) is 23.3 Å². The summed E-state index contributed by atoms with van der Waals surface area (Å²) in [7, 11) is 0. The number of hydrogen-bond acceptors (Lipinski definition) is 4. The summed E-state index contributed by atoms with van der Waals surface area (Å²) in [5.74, 6) is 0.146. The zero-order valence-corrected chi connectivity index (χ0v) is 14.6. The largest absolute Gasteiger partial charge is 0.341 e. The van der Waals surface area contributed by atoms with Crippen LogP contribution in [-0.4, -0.2) is 43.6 Å². The van der Waals surface area contributed by atoms with Crippen molar-refractivity contribution >= 4 is 5.91 Å². The number of nitrogens with zero attached hydrogens (tertiary/aromatic N) is 5. The van der Waals surface area contributed by atoms with Crippen LogP contribution in [0.4, 0.5) is 0 Å². The Morgan fingerprint density at radius 2 is 1.81 bits per heavy atom. The average molecular weight is 347 g/mol. The van der Waals surface area contributed by atoms with Gasteiger partial charge in [0.05, 0.1) is 17.6 Å². The van der Waals surface area contributed by atoms with Crippen LogP contribution in [0.1, 0.15) is 19.3 Å². The summed E-state index contributed by atoms with van der Waals surface area (Å²) in [4.78, 5) is 22.8. The van der Waals surface area contributed by atoms with E-state index in [4.69, 9.17) is 0 Å². The van der Waals surface area contributed by atoms with Gasteiger partial charge in [-0.05, 0) is 31.4 Å². The summed E-state index contributed by atoms with van der Waals surface area (Å²) in [5.41, 5.74) is 3.67. The Morgan fingerprint density at radius 3 is 2.58 bits per heavy atom. The third kappa shape index (κ3) is 3.64. The van der Waals surface area contributed by atoms with Gasteiger partial charge < -0.3 is 4.90 Å². The predicted octanol–water partition coefficient (Wildman–Crippen LogP) is 3.02. The minimum atomic E-state index is 0.146. The molecule has 1 fully saturated rings. The van der Waals surface area contributed by atoms with E-state index < -0.39 is 0 Å². The van der Waals surface area contributed by atoms with Crippen molar-refractivity contribution < 1.29 is 4.79 Å². The molecular formula is C20H21N5O. The highest BCUT2D eigenvalue weighted by Crippen LogP contribution is 2.23. The summed E-state index contributed by atoms with van der Waals surface area (Å²) >= 11 is 0. The average Bonchev–Trinajstić information content (AvgIpc) is 3.18. The van der Waals surface area contributed by atoms with Crippen molar-refractivity contribution in [1.82, 2.24) is 24.6 Å². The highest BCUT2D eigenvalue weighted by Gasteiger charge is 2.17. The fourth-order valence-corrected chi connectivity index (χ4v) is 3.27. The first kappa shape index (κ1) is 16.4. The number of benzene rings is 1. The van der Waals surface area contributed by atoms with E-state index in [2.05, 4.69) is 15.1 Å². The lowest BCUT2D eigenvalue weighted by molar-refractivity contribution is -0.132. The van der Waals surface area contributed by atoms with Crippen LogP contribution >= 0.6 is 0 Å². The van der Waals surface area contributed by atoms with Crippen molar-refractivity contribution in [3.8, 4) is 22.5 Å². The van der Waals surface area contributed by atoms with Crippen LogP contribution in [0.15, 0.2) is 55.1 Å². The standard InChI is InChI=1S/C20H21N5O/c26-20(24-10-2-1-3-11-24)15-25-12-7-18(23-25)16-5-4-6-17(13-16)19-14-21-8-9-22-19/h4-9,12-14H,1-3,10-11,15H2. The molecule has 4 rings (SSSR count). The predicted molar refractivity (Wildman–Crippen MR) is 99.1 cm³/mol. The monoisotopic (exact) mass is 347 g/mol. The summed E-state index contributed by atoms with van der Waals surface area (Å²) in [5, 5.41) is 4.58. The number of piperidine rings is 1. The maximum atomic E-state index is 12.4. The van der Waals surface area contributed by atoms with Crippen LogP contribution in [0.2, 0.25) is 0 Å². The zero-order valence-electron chi connectivity index (χ0n) is 14.6. The molecule has 0 bridgehead atoms. The van der Waals surface area contributed by atoms with Gasteiger partial charge in [0, 0.05) is 42.8 Å². The molecule has 0 aliphatic carbocycles. The van der Waals surface area contributed by atoms with E-state index in [-0.39, 0.29) is 5.91 Å². The zero-order chi connectivity index (χ0) is 17.8. The molecule has 2 aromatic heterocycles. The van der Waals surface area contributed by atoms with Gasteiger partial charge in [0.1, 0.15) is 6.54 Å². The molecule has 0 spiro atoms. The molecule has 0 radical (unpaired) electrons. The minimum absolute atomic E-state index is 0.146. The Hall–Kier alpha value is -3.02. The number of likely N-dealkylation sites (tertiary alicyclic amines) is 1. The lowest BCUT2D eigenvalue weighted by atomic mass is 10.1. The fraction of sp³-hybridized carbons (Fsp3) is 0.300.